The summed E-state index contributed by atoms with van der Waals surface area (Å²) in [7, 11) is 3.20. The van der Waals surface area contributed by atoms with Gasteiger partial charge in [0.25, 0.3) is 0 Å². The number of nitrogens with one attached hydrogen (secondary N) is 2. The number of carbonyl (C=O) groups excluding carboxylic acids is 1. The highest BCUT2D eigenvalue weighted by Gasteiger charge is 2.09. The van der Waals surface area contributed by atoms with Gasteiger partial charge in [0.05, 0.1) is 25.3 Å². The van der Waals surface area contributed by atoms with Crippen LogP contribution in [0.25, 0.3) is 22.4 Å². The Balaban J connectivity index is 1.42. The van der Waals surface area contributed by atoms with E-state index >= 15 is 0 Å². The SMILES string of the molecule is COc1ccc(CCC(=O)Nc2ccc3nc(-c4cccnc4)[nH]c3c2)cc1OC. The first-order valence-corrected chi connectivity index (χ1v) is 9.57. The number of aromatic nitrogens is 3. The quantitative estimate of drug-likeness (QED) is 0.483. The third-order valence-electron chi connectivity index (χ3n) is 4.79. The van der Waals surface area contributed by atoms with Gasteiger partial charge >= 0.3 is 0 Å². The van der Waals surface area contributed by atoms with E-state index in [0.717, 1.165) is 33.7 Å². The van der Waals surface area contributed by atoms with Gasteiger partial charge in [0.15, 0.2) is 11.5 Å². The molecule has 0 unspecified atom stereocenters. The molecule has 0 saturated heterocycles. The molecule has 4 rings (SSSR count). The Labute approximate surface area is 174 Å². The fourth-order valence-electron chi connectivity index (χ4n) is 3.24. The number of H-pyrrole nitrogens is 1. The van der Waals surface area contributed by atoms with Gasteiger partial charge in [-0.15, -0.1) is 0 Å². The van der Waals surface area contributed by atoms with Crippen LogP contribution in [0.3, 0.4) is 0 Å². The minimum Gasteiger partial charge on any atom is -0.493 e. The summed E-state index contributed by atoms with van der Waals surface area (Å²) in [5, 5.41) is 2.95. The van der Waals surface area contributed by atoms with Gasteiger partial charge in [-0.1, -0.05) is 6.07 Å². The van der Waals surface area contributed by atoms with Crippen LogP contribution < -0.4 is 14.8 Å². The first-order chi connectivity index (χ1) is 14.7. The van der Waals surface area contributed by atoms with Crippen LogP contribution in [0.5, 0.6) is 11.5 Å². The van der Waals surface area contributed by atoms with Gasteiger partial charge in [-0.05, 0) is 54.4 Å². The van der Waals surface area contributed by atoms with Crippen molar-refractivity contribution < 1.29 is 14.3 Å². The predicted octanol–water partition coefficient (Wildman–Crippen LogP) is 4.21. The Morgan fingerprint density at radius 1 is 1.07 bits per heavy atom. The number of amides is 1. The van der Waals surface area contributed by atoms with Crippen LogP contribution in [0.4, 0.5) is 5.69 Å². The molecule has 152 valence electrons. The Morgan fingerprint density at radius 2 is 1.93 bits per heavy atom. The summed E-state index contributed by atoms with van der Waals surface area (Å²) in [6.45, 7) is 0. The highest BCUT2D eigenvalue weighted by molar-refractivity contribution is 5.93. The lowest BCUT2D eigenvalue weighted by atomic mass is 10.1. The number of carbonyl (C=O) groups is 1. The van der Waals surface area contributed by atoms with E-state index in [4.69, 9.17) is 9.47 Å². The molecule has 1 amide bonds. The molecule has 0 atom stereocenters. The molecule has 2 heterocycles. The summed E-state index contributed by atoms with van der Waals surface area (Å²) in [5.74, 6) is 2.01. The number of methoxy groups -OCH3 is 2. The molecule has 0 aliphatic heterocycles. The number of aromatic amines is 1. The maximum Gasteiger partial charge on any atom is 0.224 e. The van der Waals surface area contributed by atoms with E-state index in [1.165, 1.54) is 0 Å². The minimum atomic E-state index is -0.0591. The number of aryl methyl sites for hydroxylation is 1. The smallest absolute Gasteiger partial charge is 0.224 e. The van der Waals surface area contributed by atoms with E-state index in [9.17, 15) is 4.79 Å². The lowest BCUT2D eigenvalue weighted by Gasteiger charge is -2.10. The monoisotopic (exact) mass is 402 g/mol. The molecule has 7 heteroatoms. The molecule has 0 saturated carbocycles. The van der Waals surface area contributed by atoms with Gasteiger partial charge in [-0.25, -0.2) is 4.98 Å². The summed E-state index contributed by atoms with van der Waals surface area (Å²) < 4.78 is 10.6. The van der Waals surface area contributed by atoms with Crippen LogP contribution in [-0.2, 0) is 11.2 Å². The van der Waals surface area contributed by atoms with Gasteiger partial charge in [-0.2, -0.15) is 0 Å². The number of hydrogen-bond donors (Lipinski definition) is 2. The van der Waals surface area contributed by atoms with E-state index in [2.05, 4.69) is 20.3 Å². The normalized spacial score (nSPS) is 10.7. The summed E-state index contributed by atoms with van der Waals surface area (Å²) >= 11 is 0. The third kappa shape index (κ3) is 4.25. The van der Waals surface area contributed by atoms with Gasteiger partial charge in [0, 0.05) is 30.1 Å². The Morgan fingerprint density at radius 3 is 2.70 bits per heavy atom. The Bertz CT molecular complexity index is 1170. The van der Waals surface area contributed by atoms with Gasteiger partial charge in [-0.3, -0.25) is 9.78 Å². The maximum absolute atomic E-state index is 12.4. The number of fused-ring (bicyclic) bond motifs is 1. The van der Waals surface area contributed by atoms with Crippen LogP contribution in [0.2, 0.25) is 0 Å². The zero-order valence-corrected chi connectivity index (χ0v) is 16.8. The average Bonchev–Trinajstić information content (AvgIpc) is 3.21. The van der Waals surface area contributed by atoms with Crippen LogP contribution in [0.1, 0.15) is 12.0 Å². The Kier molecular flexibility index (Phi) is 5.61. The number of imidazole rings is 1. The number of anilines is 1. The molecular weight excluding hydrogens is 380 g/mol. The van der Waals surface area contributed by atoms with Crippen molar-refractivity contribution in [2.24, 2.45) is 0 Å². The van der Waals surface area contributed by atoms with Crippen molar-refractivity contribution in [3.05, 3.63) is 66.5 Å². The van der Waals surface area contributed by atoms with Gasteiger partial charge in [0.2, 0.25) is 5.91 Å². The summed E-state index contributed by atoms with van der Waals surface area (Å²) in [4.78, 5) is 24.4. The lowest BCUT2D eigenvalue weighted by molar-refractivity contribution is -0.116. The molecule has 0 aliphatic rings. The largest absolute Gasteiger partial charge is 0.493 e. The number of pyridine rings is 1. The van der Waals surface area contributed by atoms with E-state index in [1.807, 2.05) is 48.5 Å². The van der Waals surface area contributed by atoms with E-state index in [0.29, 0.717) is 24.3 Å². The molecular formula is C23H22N4O3. The average molecular weight is 402 g/mol. The number of rotatable bonds is 7. The molecule has 0 bridgehead atoms. The molecule has 0 aliphatic carbocycles. The third-order valence-corrected chi connectivity index (χ3v) is 4.79. The first-order valence-electron chi connectivity index (χ1n) is 9.57. The summed E-state index contributed by atoms with van der Waals surface area (Å²) in [6, 6.07) is 15.1. The highest BCUT2D eigenvalue weighted by Crippen LogP contribution is 2.28. The second-order valence-electron chi connectivity index (χ2n) is 6.80. The molecule has 7 nitrogen and oxygen atoms in total. The van der Waals surface area contributed by atoms with Crippen LogP contribution in [-0.4, -0.2) is 35.1 Å². The summed E-state index contributed by atoms with van der Waals surface area (Å²) in [6.07, 6.45) is 4.44. The minimum absolute atomic E-state index is 0.0591. The van der Waals surface area contributed by atoms with Crippen molar-refractivity contribution >= 4 is 22.6 Å². The highest BCUT2D eigenvalue weighted by atomic mass is 16.5. The topological polar surface area (TPSA) is 89.1 Å². The van der Waals surface area contributed by atoms with Crippen molar-refractivity contribution in [1.29, 1.82) is 0 Å². The first kappa shape index (κ1) is 19.4. The van der Waals surface area contributed by atoms with Crippen molar-refractivity contribution in [2.45, 2.75) is 12.8 Å². The van der Waals surface area contributed by atoms with E-state index < -0.39 is 0 Å². The van der Waals surface area contributed by atoms with Crippen molar-refractivity contribution in [3.63, 3.8) is 0 Å². The molecule has 30 heavy (non-hydrogen) atoms. The standard InChI is InChI=1S/C23H22N4O3/c1-29-20-9-5-15(12-21(20)30-2)6-10-22(28)25-17-7-8-18-19(13-17)27-23(26-18)16-4-3-11-24-14-16/h3-5,7-9,11-14H,6,10H2,1-2H3,(H,25,28)(H,26,27). The van der Waals surface area contributed by atoms with E-state index in [-0.39, 0.29) is 5.91 Å². The number of hydrogen-bond acceptors (Lipinski definition) is 5. The lowest BCUT2D eigenvalue weighted by Crippen LogP contribution is -2.12. The number of ether oxygens (including phenoxy) is 2. The van der Waals surface area contributed by atoms with Crippen LogP contribution >= 0.6 is 0 Å². The molecule has 2 aromatic heterocycles. The Hall–Kier alpha value is -3.87. The van der Waals surface area contributed by atoms with Crippen molar-refractivity contribution in [2.75, 3.05) is 19.5 Å². The molecule has 0 fully saturated rings. The summed E-state index contributed by atoms with van der Waals surface area (Å²) in [5.41, 5.74) is 4.33. The number of benzene rings is 2. The van der Waals surface area contributed by atoms with E-state index in [1.54, 1.807) is 26.6 Å². The van der Waals surface area contributed by atoms with Gasteiger partial charge in [0.1, 0.15) is 5.82 Å². The fraction of sp³-hybridized carbons (Fsp3) is 0.174. The second-order valence-corrected chi connectivity index (χ2v) is 6.80. The van der Waals surface area contributed by atoms with Crippen LogP contribution in [0.15, 0.2) is 60.9 Å². The van der Waals surface area contributed by atoms with Crippen LogP contribution in [0, 0.1) is 0 Å². The molecule has 2 N–H and O–H groups in total. The zero-order chi connectivity index (χ0) is 20.9. The maximum atomic E-state index is 12.4. The second kappa shape index (κ2) is 8.65. The number of nitrogens with zero attached hydrogens (tertiary/aromatic N) is 2. The fourth-order valence-corrected chi connectivity index (χ4v) is 3.24. The van der Waals surface area contributed by atoms with Gasteiger partial charge < -0.3 is 19.8 Å². The van der Waals surface area contributed by atoms with Crippen molar-refractivity contribution in [3.8, 4) is 22.9 Å². The molecule has 2 aromatic carbocycles. The molecule has 0 radical (unpaired) electrons. The van der Waals surface area contributed by atoms with Crippen molar-refractivity contribution in [1.82, 2.24) is 15.0 Å². The molecule has 4 aromatic rings. The zero-order valence-electron chi connectivity index (χ0n) is 16.8. The molecule has 0 spiro atoms. The predicted molar refractivity (Wildman–Crippen MR) is 116 cm³/mol.